The van der Waals surface area contributed by atoms with Gasteiger partial charge in [-0.2, -0.15) is 5.10 Å². The first-order valence-electron chi connectivity index (χ1n) is 14.6. The molecular formula is C31H41N5O3. The Morgan fingerprint density at radius 2 is 1.79 bits per heavy atom. The maximum atomic E-state index is 13.4. The Morgan fingerprint density at radius 1 is 1.05 bits per heavy atom. The highest BCUT2D eigenvalue weighted by molar-refractivity contribution is 6.01. The summed E-state index contributed by atoms with van der Waals surface area (Å²) in [4.78, 5) is 18.3. The van der Waals surface area contributed by atoms with Crippen LogP contribution in [0.3, 0.4) is 0 Å². The standard InChI is InChI=1S/C31H41N5O3/c1-35-15-11-26(12-16-35)39-25-8-5-23(6-9-25)29-27-21-24(7-10-28(27)33-34-29)30(37)32-22-31(13-3-2-4-14-31)36-17-19-38-20-18-36/h5-10,21,26H,2-4,11-20,22H2,1H3,(H,32,37)(H,33,34). The van der Waals surface area contributed by atoms with Crippen LogP contribution < -0.4 is 10.1 Å². The predicted molar refractivity (Wildman–Crippen MR) is 153 cm³/mol. The van der Waals surface area contributed by atoms with Crippen LogP contribution in [0.15, 0.2) is 42.5 Å². The van der Waals surface area contributed by atoms with Crippen molar-refractivity contribution >= 4 is 16.8 Å². The second kappa shape index (κ2) is 11.7. The van der Waals surface area contributed by atoms with E-state index in [1.807, 2.05) is 30.3 Å². The zero-order valence-electron chi connectivity index (χ0n) is 23.1. The van der Waals surface area contributed by atoms with Crippen molar-refractivity contribution in [3.63, 3.8) is 0 Å². The average molecular weight is 532 g/mol. The van der Waals surface area contributed by atoms with E-state index in [9.17, 15) is 4.79 Å². The number of piperidine rings is 1. The van der Waals surface area contributed by atoms with Crippen LogP contribution in [0.25, 0.3) is 22.2 Å². The Bertz CT molecular complexity index is 1250. The summed E-state index contributed by atoms with van der Waals surface area (Å²) in [6.45, 7) is 6.28. The molecule has 208 valence electrons. The van der Waals surface area contributed by atoms with Gasteiger partial charge in [0.05, 0.1) is 24.4 Å². The van der Waals surface area contributed by atoms with Crippen molar-refractivity contribution in [2.45, 2.75) is 56.6 Å². The van der Waals surface area contributed by atoms with E-state index in [2.05, 4.69) is 44.5 Å². The average Bonchev–Trinajstić information content (AvgIpc) is 3.42. The summed E-state index contributed by atoms with van der Waals surface area (Å²) in [6.07, 6.45) is 8.38. The Labute approximate surface area is 231 Å². The quantitative estimate of drug-likeness (QED) is 0.468. The lowest BCUT2D eigenvalue weighted by atomic mass is 9.79. The minimum atomic E-state index is -0.0240. The van der Waals surface area contributed by atoms with E-state index in [-0.39, 0.29) is 17.6 Å². The number of hydrogen-bond donors (Lipinski definition) is 2. The van der Waals surface area contributed by atoms with Crippen molar-refractivity contribution in [1.82, 2.24) is 25.3 Å². The summed E-state index contributed by atoms with van der Waals surface area (Å²) >= 11 is 0. The van der Waals surface area contributed by atoms with Gasteiger partial charge in [-0.1, -0.05) is 19.3 Å². The molecule has 1 saturated carbocycles. The maximum Gasteiger partial charge on any atom is 0.251 e. The number of likely N-dealkylation sites (tertiary alicyclic amines) is 1. The van der Waals surface area contributed by atoms with Gasteiger partial charge in [0.25, 0.3) is 5.91 Å². The highest BCUT2D eigenvalue weighted by Crippen LogP contribution is 2.34. The zero-order valence-corrected chi connectivity index (χ0v) is 23.1. The molecule has 0 radical (unpaired) electrons. The van der Waals surface area contributed by atoms with Crippen molar-refractivity contribution in [2.24, 2.45) is 0 Å². The fourth-order valence-corrected chi connectivity index (χ4v) is 6.56. The normalized spacial score (nSPS) is 21.2. The van der Waals surface area contributed by atoms with Crippen LogP contribution in [0.2, 0.25) is 0 Å². The molecule has 3 fully saturated rings. The molecule has 3 aliphatic rings. The van der Waals surface area contributed by atoms with E-state index in [1.54, 1.807) is 0 Å². The number of nitrogens with zero attached hydrogens (tertiary/aromatic N) is 3. The number of morpholine rings is 1. The van der Waals surface area contributed by atoms with Crippen molar-refractivity contribution in [3.8, 4) is 17.0 Å². The summed E-state index contributed by atoms with van der Waals surface area (Å²) in [7, 11) is 2.16. The van der Waals surface area contributed by atoms with E-state index in [0.717, 1.165) is 93.0 Å². The van der Waals surface area contributed by atoms with Gasteiger partial charge in [-0.15, -0.1) is 0 Å². The van der Waals surface area contributed by atoms with Crippen molar-refractivity contribution < 1.29 is 14.3 Å². The number of H-pyrrole nitrogens is 1. The maximum absolute atomic E-state index is 13.4. The van der Waals surface area contributed by atoms with Gasteiger partial charge in [-0.25, -0.2) is 0 Å². The Morgan fingerprint density at radius 3 is 2.54 bits per heavy atom. The molecule has 1 aromatic heterocycles. The van der Waals surface area contributed by atoms with E-state index in [0.29, 0.717) is 12.1 Å². The number of nitrogens with one attached hydrogen (secondary N) is 2. The fraction of sp³-hybridized carbons (Fsp3) is 0.548. The van der Waals surface area contributed by atoms with Crippen molar-refractivity contribution in [1.29, 1.82) is 0 Å². The topological polar surface area (TPSA) is 82.7 Å². The third kappa shape index (κ3) is 5.83. The highest BCUT2D eigenvalue weighted by Gasteiger charge is 2.38. The van der Waals surface area contributed by atoms with Crippen LogP contribution >= 0.6 is 0 Å². The molecule has 1 amide bonds. The number of fused-ring (bicyclic) bond motifs is 1. The van der Waals surface area contributed by atoms with E-state index in [4.69, 9.17) is 9.47 Å². The van der Waals surface area contributed by atoms with Crippen LogP contribution in [-0.2, 0) is 4.74 Å². The number of hydrogen-bond acceptors (Lipinski definition) is 6. The number of aromatic amines is 1. The number of rotatable bonds is 7. The molecule has 0 atom stereocenters. The molecule has 3 aromatic rings. The van der Waals surface area contributed by atoms with Gasteiger partial charge in [0, 0.05) is 54.8 Å². The number of carbonyl (C=O) groups excluding carboxylic acids is 1. The lowest BCUT2D eigenvalue weighted by Crippen LogP contribution is -2.59. The monoisotopic (exact) mass is 531 g/mol. The summed E-state index contributed by atoms with van der Waals surface area (Å²) in [6, 6.07) is 14.0. The molecule has 8 heteroatoms. The van der Waals surface area contributed by atoms with E-state index in [1.165, 1.54) is 19.3 Å². The molecule has 39 heavy (non-hydrogen) atoms. The van der Waals surface area contributed by atoms with E-state index < -0.39 is 0 Å². The largest absolute Gasteiger partial charge is 0.490 e. The Balaban J connectivity index is 1.15. The number of ether oxygens (including phenoxy) is 2. The molecule has 2 aromatic carbocycles. The smallest absolute Gasteiger partial charge is 0.251 e. The second-order valence-electron chi connectivity index (χ2n) is 11.5. The molecule has 8 nitrogen and oxygen atoms in total. The van der Waals surface area contributed by atoms with Gasteiger partial charge in [0.2, 0.25) is 0 Å². The number of benzene rings is 2. The number of carbonyl (C=O) groups is 1. The molecule has 2 N–H and O–H groups in total. The first kappa shape index (κ1) is 26.3. The van der Waals surface area contributed by atoms with Gasteiger partial charge >= 0.3 is 0 Å². The van der Waals surface area contributed by atoms with Crippen LogP contribution in [0.5, 0.6) is 5.75 Å². The molecule has 3 heterocycles. The first-order chi connectivity index (χ1) is 19.1. The van der Waals surface area contributed by atoms with Gasteiger partial charge in [-0.05, 0) is 75.2 Å². The summed E-state index contributed by atoms with van der Waals surface area (Å²) in [5, 5.41) is 12.0. The minimum absolute atomic E-state index is 0.0240. The van der Waals surface area contributed by atoms with Gasteiger partial charge in [0.1, 0.15) is 11.9 Å². The fourth-order valence-electron chi connectivity index (χ4n) is 6.56. The van der Waals surface area contributed by atoms with Crippen LogP contribution in [0.1, 0.15) is 55.3 Å². The van der Waals surface area contributed by atoms with Crippen LogP contribution in [0, 0.1) is 0 Å². The molecule has 0 spiro atoms. The Kier molecular flexibility index (Phi) is 7.86. The molecule has 6 rings (SSSR count). The van der Waals surface area contributed by atoms with E-state index >= 15 is 0 Å². The van der Waals surface area contributed by atoms with Gasteiger partial charge in [0.15, 0.2) is 0 Å². The van der Waals surface area contributed by atoms with Crippen LogP contribution in [-0.4, -0.2) is 90.5 Å². The van der Waals surface area contributed by atoms with Crippen molar-refractivity contribution in [2.75, 3.05) is 53.0 Å². The van der Waals surface area contributed by atoms with Crippen LogP contribution in [0.4, 0.5) is 0 Å². The lowest BCUT2D eigenvalue weighted by molar-refractivity contribution is -0.0361. The SMILES string of the molecule is CN1CCC(Oc2ccc(-c3n[nH]c4ccc(C(=O)NCC5(N6CCOCC6)CCCCC5)cc34)cc2)CC1. The molecule has 2 aliphatic heterocycles. The highest BCUT2D eigenvalue weighted by atomic mass is 16.5. The first-order valence-corrected chi connectivity index (χ1v) is 14.6. The predicted octanol–water partition coefficient (Wildman–Crippen LogP) is 4.47. The molecular weight excluding hydrogens is 490 g/mol. The summed E-state index contributed by atoms with van der Waals surface area (Å²) in [5.41, 5.74) is 3.48. The number of aromatic nitrogens is 2. The summed E-state index contributed by atoms with van der Waals surface area (Å²) in [5.74, 6) is 0.870. The molecule has 2 saturated heterocycles. The third-order valence-corrected chi connectivity index (χ3v) is 8.97. The van der Waals surface area contributed by atoms with Crippen molar-refractivity contribution in [3.05, 3.63) is 48.0 Å². The zero-order chi connectivity index (χ0) is 26.7. The van der Waals surface area contributed by atoms with Gasteiger partial charge in [-0.3, -0.25) is 14.8 Å². The lowest BCUT2D eigenvalue weighted by Gasteiger charge is -2.48. The molecule has 0 unspecified atom stereocenters. The number of amides is 1. The second-order valence-corrected chi connectivity index (χ2v) is 11.5. The molecule has 0 bridgehead atoms. The summed E-state index contributed by atoms with van der Waals surface area (Å²) < 4.78 is 11.8. The third-order valence-electron chi connectivity index (χ3n) is 8.97. The van der Waals surface area contributed by atoms with Gasteiger partial charge < -0.3 is 19.7 Å². The molecule has 1 aliphatic carbocycles. The Hall–Kier alpha value is -2.94. The minimum Gasteiger partial charge on any atom is -0.490 e.